The van der Waals surface area contributed by atoms with Crippen molar-refractivity contribution in [2.45, 2.75) is 25.6 Å². The van der Waals surface area contributed by atoms with Gasteiger partial charge < -0.3 is 10.2 Å². The molecule has 2 atom stereocenters. The van der Waals surface area contributed by atoms with Gasteiger partial charge in [-0.3, -0.25) is 0 Å². The first-order valence-electron chi connectivity index (χ1n) is 5.24. The fourth-order valence-electron chi connectivity index (χ4n) is 1.46. The maximum absolute atomic E-state index is 9.82. The number of allylic oxidation sites excluding steroid dienone is 1. The molecule has 0 spiro atoms. The summed E-state index contributed by atoms with van der Waals surface area (Å²) in [7, 11) is 0. The fraction of sp³-hybridized carbons (Fsp3) is 0.385. The van der Waals surface area contributed by atoms with Crippen LogP contribution in [-0.4, -0.2) is 22.2 Å². The predicted molar refractivity (Wildman–Crippen MR) is 67.5 cm³/mol. The molecule has 0 radical (unpaired) electrons. The first-order chi connectivity index (χ1) is 7.56. The van der Waals surface area contributed by atoms with E-state index in [-0.39, 0.29) is 0 Å². The Morgan fingerprint density at radius 3 is 2.31 bits per heavy atom. The summed E-state index contributed by atoms with van der Waals surface area (Å²) < 4.78 is 0. The minimum Gasteiger partial charge on any atom is -0.390 e. The average molecular weight is 241 g/mol. The molecule has 2 nitrogen and oxygen atoms in total. The molecule has 0 aliphatic rings. The molecular weight excluding hydrogens is 224 g/mol. The second-order valence-electron chi connectivity index (χ2n) is 3.89. The first kappa shape index (κ1) is 13.2. The van der Waals surface area contributed by atoms with E-state index in [1.54, 1.807) is 12.1 Å². The standard InChI is InChI=1S/C13H17ClO2/c1-9(2)10-3-5-11(6-4-10)13(16)12(15)7-8-14/h3-6,12-13,15-16H,1,7-8H2,2H3. The number of rotatable bonds is 5. The van der Waals surface area contributed by atoms with E-state index in [2.05, 4.69) is 6.58 Å². The van der Waals surface area contributed by atoms with Gasteiger partial charge in [0.05, 0.1) is 6.10 Å². The van der Waals surface area contributed by atoms with Crippen LogP contribution in [0.3, 0.4) is 0 Å². The number of hydrogen-bond donors (Lipinski definition) is 2. The molecule has 0 aliphatic carbocycles. The van der Waals surface area contributed by atoms with E-state index in [0.717, 1.165) is 11.1 Å². The Bertz CT molecular complexity index is 345. The average Bonchev–Trinajstić information content (AvgIpc) is 2.28. The van der Waals surface area contributed by atoms with E-state index in [4.69, 9.17) is 11.6 Å². The van der Waals surface area contributed by atoms with Gasteiger partial charge in [0.2, 0.25) is 0 Å². The van der Waals surface area contributed by atoms with Crippen LogP contribution in [0.25, 0.3) is 5.57 Å². The van der Waals surface area contributed by atoms with E-state index in [9.17, 15) is 10.2 Å². The summed E-state index contributed by atoms with van der Waals surface area (Å²) in [6.45, 7) is 5.76. The number of hydrogen-bond acceptors (Lipinski definition) is 2. The zero-order valence-electron chi connectivity index (χ0n) is 9.36. The second-order valence-corrected chi connectivity index (χ2v) is 4.27. The molecule has 0 saturated carbocycles. The van der Waals surface area contributed by atoms with Crippen molar-refractivity contribution < 1.29 is 10.2 Å². The van der Waals surface area contributed by atoms with Gasteiger partial charge in [0.1, 0.15) is 6.10 Å². The molecule has 2 N–H and O–H groups in total. The Hall–Kier alpha value is -0.830. The van der Waals surface area contributed by atoms with Crippen LogP contribution < -0.4 is 0 Å². The second kappa shape index (κ2) is 6.04. The lowest BCUT2D eigenvalue weighted by molar-refractivity contribution is 0.0170. The zero-order chi connectivity index (χ0) is 12.1. The zero-order valence-corrected chi connectivity index (χ0v) is 10.1. The highest BCUT2D eigenvalue weighted by atomic mass is 35.5. The number of aliphatic hydroxyl groups excluding tert-OH is 2. The number of aliphatic hydroxyl groups is 2. The van der Waals surface area contributed by atoms with Gasteiger partial charge in [0.15, 0.2) is 0 Å². The van der Waals surface area contributed by atoms with Crippen LogP contribution >= 0.6 is 11.6 Å². The molecule has 1 aromatic rings. The molecule has 88 valence electrons. The summed E-state index contributed by atoms with van der Waals surface area (Å²) >= 11 is 5.51. The van der Waals surface area contributed by atoms with Gasteiger partial charge in [-0.15, -0.1) is 11.6 Å². The van der Waals surface area contributed by atoms with Crippen molar-refractivity contribution in [1.82, 2.24) is 0 Å². The fourth-order valence-corrected chi connectivity index (χ4v) is 1.68. The molecule has 16 heavy (non-hydrogen) atoms. The summed E-state index contributed by atoms with van der Waals surface area (Å²) in [6, 6.07) is 7.36. The largest absolute Gasteiger partial charge is 0.390 e. The van der Waals surface area contributed by atoms with Gasteiger partial charge in [0, 0.05) is 5.88 Å². The normalized spacial score (nSPS) is 14.5. The summed E-state index contributed by atoms with van der Waals surface area (Å²) in [4.78, 5) is 0. The van der Waals surface area contributed by atoms with Crippen LogP contribution in [-0.2, 0) is 0 Å². The molecule has 0 aromatic heterocycles. The topological polar surface area (TPSA) is 40.5 Å². The Labute approximate surface area is 101 Å². The number of alkyl halides is 1. The summed E-state index contributed by atoms with van der Waals surface area (Å²) in [6.07, 6.45) is -1.31. The molecule has 0 heterocycles. The van der Waals surface area contributed by atoms with Crippen molar-refractivity contribution >= 4 is 17.2 Å². The molecular formula is C13H17ClO2. The number of halogens is 1. The molecule has 0 saturated heterocycles. The maximum atomic E-state index is 9.82. The lowest BCUT2D eigenvalue weighted by Gasteiger charge is -2.17. The van der Waals surface area contributed by atoms with Crippen molar-refractivity contribution in [1.29, 1.82) is 0 Å². The van der Waals surface area contributed by atoms with Crippen LogP contribution in [0.2, 0.25) is 0 Å². The molecule has 0 aliphatic heterocycles. The van der Waals surface area contributed by atoms with Gasteiger partial charge in [0.25, 0.3) is 0 Å². The van der Waals surface area contributed by atoms with E-state index in [1.807, 2.05) is 19.1 Å². The van der Waals surface area contributed by atoms with Crippen molar-refractivity contribution in [2.75, 3.05) is 5.88 Å². The molecule has 0 fully saturated rings. The Kier molecular flexibility index (Phi) is 5.00. The lowest BCUT2D eigenvalue weighted by Crippen LogP contribution is -2.18. The third-order valence-electron chi connectivity index (χ3n) is 2.51. The Balaban J connectivity index is 2.77. The Morgan fingerprint density at radius 1 is 1.31 bits per heavy atom. The van der Waals surface area contributed by atoms with Gasteiger partial charge >= 0.3 is 0 Å². The monoisotopic (exact) mass is 240 g/mol. The van der Waals surface area contributed by atoms with Crippen LogP contribution in [0.1, 0.15) is 30.6 Å². The van der Waals surface area contributed by atoms with Gasteiger partial charge in [-0.2, -0.15) is 0 Å². The quantitative estimate of drug-likeness (QED) is 0.777. The van der Waals surface area contributed by atoms with Crippen molar-refractivity contribution in [3.05, 3.63) is 42.0 Å². The van der Waals surface area contributed by atoms with Gasteiger partial charge in [-0.1, -0.05) is 36.4 Å². The highest BCUT2D eigenvalue weighted by Gasteiger charge is 2.17. The maximum Gasteiger partial charge on any atom is 0.105 e. The molecule has 0 amide bonds. The van der Waals surface area contributed by atoms with Crippen molar-refractivity contribution in [3.8, 4) is 0 Å². The molecule has 2 unspecified atom stereocenters. The third kappa shape index (κ3) is 3.34. The van der Waals surface area contributed by atoms with Crippen LogP contribution in [0.5, 0.6) is 0 Å². The highest BCUT2D eigenvalue weighted by molar-refractivity contribution is 6.17. The minimum absolute atomic E-state index is 0.335. The van der Waals surface area contributed by atoms with Crippen LogP contribution in [0, 0.1) is 0 Å². The number of benzene rings is 1. The van der Waals surface area contributed by atoms with E-state index in [1.165, 1.54) is 0 Å². The molecule has 3 heteroatoms. The summed E-state index contributed by atoms with van der Waals surface area (Å²) in [5, 5.41) is 19.4. The van der Waals surface area contributed by atoms with Crippen LogP contribution in [0.15, 0.2) is 30.8 Å². The lowest BCUT2D eigenvalue weighted by atomic mass is 10.00. The van der Waals surface area contributed by atoms with E-state index < -0.39 is 12.2 Å². The highest BCUT2D eigenvalue weighted by Crippen LogP contribution is 2.21. The molecule has 1 rings (SSSR count). The summed E-state index contributed by atoms with van der Waals surface area (Å²) in [5.74, 6) is 0.335. The summed E-state index contributed by atoms with van der Waals surface area (Å²) in [5.41, 5.74) is 2.70. The molecule has 0 bridgehead atoms. The SMILES string of the molecule is C=C(C)c1ccc(C(O)C(O)CCCl)cc1. The third-order valence-corrected chi connectivity index (χ3v) is 2.73. The smallest absolute Gasteiger partial charge is 0.105 e. The van der Waals surface area contributed by atoms with Crippen molar-refractivity contribution in [2.24, 2.45) is 0 Å². The van der Waals surface area contributed by atoms with E-state index in [0.29, 0.717) is 17.9 Å². The van der Waals surface area contributed by atoms with E-state index >= 15 is 0 Å². The van der Waals surface area contributed by atoms with Gasteiger partial charge in [-0.25, -0.2) is 0 Å². The van der Waals surface area contributed by atoms with Crippen molar-refractivity contribution in [3.63, 3.8) is 0 Å². The minimum atomic E-state index is -0.877. The Morgan fingerprint density at radius 2 is 1.88 bits per heavy atom. The first-order valence-corrected chi connectivity index (χ1v) is 5.77. The predicted octanol–water partition coefficient (Wildman–Crippen LogP) is 2.74. The van der Waals surface area contributed by atoms with Crippen LogP contribution in [0.4, 0.5) is 0 Å². The van der Waals surface area contributed by atoms with Gasteiger partial charge in [-0.05, 0) is 24.5 Å². The molecule has 1 aromatic carbocycles.